The Labute approximate surface area is 218 Å². The Morgan fingerprint density at radius 3 is 2.69 bits per heavy atom. The fourth-order valence-electron chi connectivity index (χ4n) is 5.01. The predicted molar refractivity (Wildman–Crippen MR) is 152 cm³/mol. The van der Waals surface area contributed by atoms with Crippen molar-refractivity contribution >= 4 is 34.3 Å². The Morgan fingerprint density at radius 1 is 1.34 bits per heavy atom. The summed E-state index contributed by atoms with van der Waals surface area (Å²) in [6, 6.07) is 8.25. The van der Waals surface area contributed by atoms with Crippen LogP contribution in [0.4, 0.5) is 5.69 Å². The normalized spacial score (nSPS) is 21.9. The Balaban J connectivity index is 1.72. The van der Waals surface area contributed by atoms with Crippen LogP contribution in [-0.2, 0) is 16.4 Å². The van der Waals surface area contributed by atoms with E-state index in [4.69, 9.17) is 4.99 Å². The number of hydrogen-bond acceptors (Lipinski definition) is 5. The van der Waals surface area contributed by atoms with Gasteiger partial charge in [-0.15, -0.1) is 11.8 Å². The van der Waals surface area contributed by atoms with Gasteiger partial charge in [0.15, 0.2) is 0 Å². The summed E-state index contributed by atoms with van der Waals surface area (Å²) in [4.78, 5) is 6.06. The zero-order valence-corrected chi connectivity index (χ0v) is 23.5. The minimum atomic E-state index is -1.05. The third-order valence-electron chi connectivity index (χ3n) is 7.02. The quantitative estimate of drug-likeness (QED) is 0.276. The van der Waals surface area contributed by atoms with Gasteiger partial charge in [0.2, 0.25) is 0 Å². The Hall–Kier alpha value is -1.77. The number of thioether (sulfide) groups is 1. The first-order valence-electron chi connectivity index (χ1n) is 12.6. The lowest BCUT2D eigenvalue weighted by Gasteiger charge is -2.31. The van der Waals surface area contributed by atoms with Gasteiger partial charge < -0.3 is 15.7 Å². The van der Waals surface area contributed by atoms with Crippen LogP contribution < -0.4 is 14.9 Å². The zero-order chi connectivity index (χ0) is 25.6. The molecule has 0 bridgehead atoms. The summed E-state index contributed by atoms with van der Waals surface area (Å²) in [7, 11) is -1.05. The summed E-state index contributed by atoms with van der Waals surface area (Å²) in [6.45, 7) is 14.3. The number of aliphatic imine (C=N–C) groups is 1. The lowest BCUT2D eigenvalue weighted by atomic mass is 9.76. The van der Waals surface area contributed by atoms with Gasteiger partial charge in [0, 0.05) is 35.4 Å². The van der Waals surface area contributed by atoms with Crippen molar-refractivity contribution in [1.29, 1.82) is 0 Å². The van der Waals surface area contributed by atoms with Crippen molar-refractivity contribution in [2.45, 2.75) is 64.8 Å². The van der Waals surface area contributed by atoms with Gasteiger partial charge in [-0.2, -0.15) is 0 Å². The van der Waals surface area contributed by atoms with E-state index >= 15 is 0 Å². The number of para-hydroxylation sites is 1. The van der Waals surface area contributed by atoms with Crippen LogP contribution in [-0.4, -0.2) is 52.9 Å². The second kappa shape index (κ2) is 12.5. The number of fused-ring (bicyclic) bond motifs is 1. The molecule has 0 aromatic heterocycles. The molecule has 3 N–H and O–H groups in total. The molecule has 6 nitrogen and oxygen atoms in total. The van der Waals surface area contributed by atoms with Crippen molar-refractivity contribution in [2.24, 2.45) is 10.9 Å². The lowest BCUT2D eigenvalue weighted by molar-refractivity contribution is 0.239. The predicted octanol–water partition coefficient (Wildman–Crippen LogP) is 4.70. The van der Waals surface area contributed by atoms with Crippen molar-refractivity contribution < 1.29 is 9.32 Å². The summed E-state index contributed by atoms with van der Waals surface area (Å²) in [5.74, 6) is 2.82. The highest BCUT2D eigenvalue weighted by atomic mass is 32.2. The van der Waals surface area contributed by atoms with Crippen molar-refractivity contribution in [3.05, 3.63) is 52.7 Å². The van der Waals surface area contributed by atoms with Gasteiger partial charge in [-0.05, 0) is 43.7 Å². The zero-order valence-electron chi connectivity index (χ0n) is 21.9. The van der Waals surface area contributed by atoms with E-state index < -0.39 is 11.0 Å². The van der Waals surface area contributed by atoms with Crippen LogP contribution in [0.2, 0.25) is 0 Å². The maximum atomic E-state index is 12.5. The van der Waals surface area contributed by atoms with E-state index in [1.165, 1.54) is 16.0 Å². The molecule has 0 amide bonds. The molecule has 0 fully saturated rings. The van der Waals surface area contributed by atoms with Crippen LogP contribution >= 0.6 is 11.8 Å². The van der Waals surface area contributed by atoms with Crippen molar-refractivity contribution in [1.82, 2.24) is 10.6 Å². The van der Waals surface area contributed by atoms with Crippen molar-refractivity contribution in [3.63, 3.8) is 0 Å². The molecule has 3 atom stereocenters. The largest absolute Gasteiger partial charge is 0.394 e. The summed E-state index contributed by atoms with van der Waals surface area (Å²) >= 11 is 1.81. The highest BCUT2D eigenvalue weighted by Crippen LogP contribution is 2.46. The number of anilines is 1. The molecule has 3 rings (SSSR count). The molecule has 2 aliphatic heterocycles. The monoisotopic (exact) mass is 518 g/mol. The number of amidine groups is 1. The van der Waals surface area contributed by atoms with Gasteiger partial charge in [-0.1, -0.05) is 57.5 Å². The van der Waals surface area contributed by atoms with E-state index in [-0.39, 0.29) is 24.0 Å². The molecular weight excluding hydrogens is 476 g/mol. The minimum absolute atomic E-state index is 0.0218. The third-order valence-corrected chi connectivity index (χ3v) is 9.20. The molecular formula is C27H42N4O2S2. The van der Waals surface area contributed by atoms with Crippen LogP contribution in [0, 0.1) is 5.92 Å². The van der Waals surface area contributed by atoms with E-state index in [0.717, 1.165) is 56.0 Å². The van der Waals surface area contributed by atoms with E-state index in [1.807, 2.05) is 22.1 Å². The smallest absolute Gasteiger partial charge is 0.140 e. The highest BCUT2D eigenvalue weighted by Gasteiger charge is 2.42. The number of nitrogens with one attached hydrogen (secondary N) is 2. The molecule has 0 saturated heterocycles. The molecule has 0 aliphatic carbocycles. The average molecular weight is 519 g/mol. The Bertz CT molecular complexity index is 991. The van der Waals surface area contributed by atoms with Gasteiger partial charge in [0.25, 0.3) is 0 Å². The summed E-state index contributed by atoms with van der Waals surface area (Å²) in [6.07, 6.45) is 5.84. The minimum Gasteiger partial charge on any atom is -0.394 e. The van der Waals surface area contributed by atoms with E-state index in [0.29, 0.717) is 5.82 Å². The molecule has 3 unspecified atom stereocenters. The lowest BCUT2D eigenvalue weighted by Crippen LogP contribution is -2.39. The molecule has 35 heavy (non-hydrogen) atoms. The molecule has 1 aromatic carbocycles. The number of nitrogens with zero attached hydrogens (tertiary/aromatic N) is 2. The maximum Gasteiger partial charge on any atom is 0.140 e. The third kappa shape index (κ3) is 6.52. The number of aliphatic hydroxyl groups is 1. The van der Waals surface area contributed by atoms with Crippen molar-refractivity contribution in [3.8, 4) is 0 Å². The molecule has 8 heteroatoms. The molecule has 0 radical (unpaired) electrons. The van der Waals surface area contributed by atoms with Crippen molar-refractivity contribution in [2.75, 3.05) is 36.0 Å². The number of rotatable bonds is 12. The summed E-state index contributed by atoms with van der Waals surface area (Å²) in [5, 5.41) is 16.8. The molecule has 194 valence electrons. The Morgan fingerprint density at radius 2 is 2.09 bits per heavy atom. The summed E-state index contributed by atoms with van der Waals surface area (Å²) in [5.41, 5.74) is 3.68. The fraction of sp³-hybridized carbons (Fsp3) is 0.593. The van der Waals surface area contributed by atoms with Gasteiger partial charge in [0.05, 0.1) is 24.2 Å². The van der Waals surface area contributed by atoms with Gasteiger partial charge in [-0.3, -0.25) is 9.30 Å². The first-order valence-corrected chi connectivity index (χ1v) is 15.1. The second-order valence-corrected chi connectivity index (χ2v) is 12.4. The van der Waals surface area contributed by atoms with E-state index in [2.05, 4.69) is 63.1 Å². The summed E-state index contributed by atoms with van der Waals surface area (Å²) < 4.78 is 14.5. The number of aliphatic hydroxyl groups excluding tert-OH is 1. The van der Waals surface area contributed by atoms with Crippen LogP contribution in [0.5, 0.6) is 0 Å². The van der Waals surface area contributed by atoms with Crippen LogP contribution in [0.15, 0.2) is 52.1 Å². The highest BCUT2D eigenvalue weighted by molar-refractivity contribution is 8.04. The SMILES string of the molecule is C=C(NCCC1(CCC)CN(S(C)=O)c2ccccc21)NC(=NC(CO)C(C)C)C1=C(C)CCS1. The van der Waals surface area contributed by atoms with E-state index in [9.17, 15) is 9.32 Å². The molecule has 0 saturated carbocycles. The molecule has 0 spiro atoms. The topological polar surface area (TPSA) is 77.0 Å². The number of benzene rings is 1. The number of hydrogen-bond donors (Lipinski definition) is 3. The first-order chi connectivity index (χ1) is 16.7. The second-order valence-electron chi connectivity index (χ2n) is 9.97. The molecule has 2 heterocycles. The first kappa shape index (κ1) is 27.8. The number of allylic oxidation sites excluding steroid dienone is 1. The standard InChI is InChI=1S/C27H42N4O2S2/c1-7-13-27(18-31(35(6)33)24-11-9-8-10-22(24)27)14-15-28-21(5)29-26(25-20(4)12-16-34-25)30-23(17-32)19(2)3/h8-11,19,23,28,32H,5,7,12-18H2,1-4,6H3,(H,29,30). The Kier molecular flexibility index (Phi) is 9.90. The van der Waals surface area contributed by atoms with Gasteiger partial charge >= 0.3 is 0 Å². The van der Waals surface area contributed by atoms with E-state index in [1.54, 1.807) is 6.26 Å². The van der Waals surface area contributed by atoms with Gasteiger partial charge in [0.1, 0.15) is 16.8 Å². The van der Waals surface area contributed by atoms with Gasteiger partial charge in [-0.25, -0.2) is 4.21 Å². The van der Waals surface area contributed by atoms with Crippen LogP contribution in [0.3, 0.4) is 0 Å². The maximum absolute atomic E-state index is 12.5. The van der Waals surface area contributed by atoms with Crippen LogP contribution in [0.1, 0.15) is 58.9 Å². The molecule has 2 aliphatic rings. The average Bonchev–Trinajstić information content (AvgIpc) is 3.38. The molecule has 1 aromatic rings. The fourth-order valence-corrected chi connectivity index (χ4v) is 7.08. The van der Waals surface area contributed by atoms with Crippen LogP contribution in [0.25, 0.3) is 0 Å².